The highest BCUT2D eigenvalue weighted by Gasteiger charge is 2.28. The van der Waals surface area contributed by atoms with Crippen LogP contribution < -0.4 is 20.4 Å². The minimum absolute atomic E-state index is 0.192. The summed E-state index contributed by atoms with van der Waals surface area (Å²) in [5.41, 5.74) is 8.40. The Morgan fingerprint density at radius 3 is 2.24 bits per heavy atom. The molecule has 0 aliphatic carbocycles. The van der Waals surface area contributed by atoms with Crippen LogP contribution in [0.4, 0.5) is 17.2 Å². The SMILES string of the molecule is N#Cc1cnn2cc(-c3ccc(N4CCN(C(=O)CN5CCC(c6ccc(NC7CCC(=O)NC7=O)cc6)CC5)CC4)cc3)cc(-c3ccc(N4CCOCC4)nc3)c12.O=CO. The van der Waals surface area contributed by atoms with Gasteiger partial charge in [0.05, 0.1) is 37.0 Å². The first kappa shape index (κ1) is 41.9. The molecule has 4 aliphatic heterocycles. The van der Waals surface area contributed by atoms with Gasteiger partial charge in [0, 0.05) is 86.1 Å². The summed E-state index contributed by atoms with van der Waals surface area (Å²) in [4.78, 5) is 59.0. The summed E-state index contributed by atoms with van der Waals surface area (Å²) in [5, 5.41) is 27.0. The summed E-state index contributed by atoms with van der Waals surface area (Å²) in [7, 11) is 0. The molecule has 62 heavy (non-hydrogen) atoms. The average molecular weight is 839 g/mol. The Balaban J connectivity index is 0.00000171. The lowest BCUT2D eigenvalue weighted by Crippen LogP contribution is -2.51. The third-order valence-corrected chi connectivity index (χ3v) is 12.2. The predicted molar refractivity (Wildman–Crippen MR) is 234 cm³/mol. The number of amides is 3. The second kappa shape index (κ2) is 19.3. The molecule has 9 rings (SSSR count). The molecule has 5 aromatic rings. The number of anilines is 3. The van der Waals surface area contributed by atoms with Crippen LogP contribution in [0.1, 0.15) is 42.7 Å². The van der Waals surface area contributed by atoms with E-state index in [0.717, 1.165) is 97.1 Å². The summed E-state index contributed by atoms with van der Waals surface area (Å²) in [6.07, 6.45) is 8.30. The van der Waals surface area contributed by atoms with Crippen molar-refractivity contribution in [3.8, 4) is 28.3 Å². The van der Waals surface area contributed by atoms with Gasteiger partial charge in [0.1, 0.15) is 17.9 Å². The van der Waals surface area contributed by atoms with E-state index in [1.165, 1.54) is 5.56 Å². The van der Waals surface area contributed by atoms with Gasteiger partial charge in [0.15, 0.2) is 0 Å². The van der Waals surface area contributed by atoms with Crippen LogP contribution in [0.25, 0.3) is 27.8 Å². The summed E-state index contributed by atoms with van der Waals surface area (Å²) in [6, 6.07) is 24.9. The van der Waals surface area contributed by atoms with Gasteiger partial charge >= 0.3 is 0 Å². The maximum atomic E-state index is 13.4. The summed E-state index contributed by atoms with van der Waals surface area (Å²) in [6.45, 7) is 7.90. The number of rotatable bonds is 9. The number of nitrogens with zero attached hydrogens (tertiary/aromatic N) is 8. The largest absolute Gasteiger partial charge is 0.483 e. The maximum absolute atomic E-state index is 13.4. The highest BCUT2D eigenvalue weighted by Crippen LogP contribution is 2.34. The monoisotopic (exact) mass is 838 g/mol. The van der Waals surface area contributed by atoms with E-state index >= 15 is 0 Å². The van der Waals surface area contributed by atoms with E-state index in [1.807, 2.05) is 35.5 Å². The number of nitrogens with one attached hydrogen (secondary N) is 2. The Kier molecular flexibility index (Phi) is 13.0. The van der Waals surface area contributed by atoms with Gasteiger partial charge in [-0.25, -0.2) is 9.50 Å². The Morgan fingerprint density at radius 1 is 0.871 bits per heavy atom. The number of piperidine rings is 2. The summed E-state index contributed by atoms with van der Waals surface area (Å²) in [5.74, 6) is 1.06. The Bertz CT molecular complexity index is 2410. The number of hydrogen-bond donors (Lipinski definition) is 3. The second-order valence-corrected chi connectivity index (χ2v) is 16.0. The van der Waals surface area contributed by atoms with Crippen LogP contribution in [0.3, 0.4) is 0 Å². The number of likely N-dealkylation sites (tertiary alicyclic amines) is 1. The molecule has 7 heterocycles. The van der Waals surface area contributed by atoms with Gasteiger partial charge in [0.25, 0.3) is 6.47 Å². The number of carboxylic acid groups (broad SMARTS) is 1. The number of hydrogen-bond acceptors (Lipinski definition) is 12. The minimum atomic E-state index is -0.393. The molecule has 3 amide bonds. The molecule has 16 nitrogen and oxygen atoms in total. The fourth-order valence-electron chi connectivity index (χ4n) is 8.78. The van der Waals surface area contributed by atoms with Crippen LogP contribution in [0.2, 0.25) is 0 Å². The molecule has 2 aromatic carbocycles. The molecule has 4 aliphatic rings. The number of benzene rings is 2. The fourth-order valence-corrected chi connectivity index (χ4v) is 8.78. The molecule has 0 saturated carbocycles. The zero-order valence-electron chi connectivity index (χ0n) is 34.5. The number of pyridine rings is 2. The van der Waals surface area contributed by atoms with Crippen molar-refractivity contribution in [2.24, 2.45) is 0 Å². The molecular formula is C46H50N10O6. The molecule has 3 aromatic heterocycles. The van der Waals surface area contributed by atoms with Gasteiger partial charge in [-0.1, -0.05) is 24.3 Å². The molecular weight excluding hydrogens is 789 g/mol. The number of fused-ring (bicyclic) bond motifs is 1. The number of imide groups is 1. The van der Waals surface area contributed by atoms with Crippen LogP contribution >= 0.6 is 0 Å². The van der Waals surface area contributed by atoms with Crippen molar-refractivity contribution in [1.29, 1.82) is 5.26 Å². The first-order valence-corrected chi connectivity index (χ1v) is 21.1. The van der Waals surface area contributed by atoms with E-state index in [2.05, 4.69) is 85.0 Å². The van der Waals surface area contributed by atoms with E-state index in [4.69, 9.17) is 19.6 Å². The summed E-state index contributed by atoms with van der Waals surface area (Å²) < 4.78 is 7.29. The van der Waals surface area contributed by atoms with Crippen LogP contribution in [-0.4, -0.2) is 132 Å². The third-order valence-electron chi connectivity index (χ3n) is 12.2. The van der Waals surface area contributed by atoms with Gasteiger partial charge < -0.3 is 29.9 Å². The highest BCUT2D eigenvalue weighted by atomic mass is 16.5. The quantitative estimate of drug-likeness (QED) is 0.142. The number of carbonyl (C=O) groups excluding carboxylic acids is 3. The lowest BCUT2D eigenvalue weighted by Gasteiger charge is -2.38. The highest BCUT2D eigenvalue weighted by molar-refractivity contribution is 6.01. The Hall–Kier alpha value is -6.83. The molecule has 0 bridgehead atoms. The van der Waals surface area contributed by atoms with E-state index in [9.17, 15) is 19.6 Å². The fraction of sp³-hybridized carbons (Fsp3) is 0.370. The number of morpholine rings is 1. The van der Waals surface area contributed by atoms with Crippen LogP contribution in [0, 0.1) is 11.3 Å². The number of carbonyl (C=O) groups is 4. The first-order chi connectivity index (χ1) is 30.3. The van der Waals surface area contributed by atoms with Crippen molar-refractivity contribution in [1.82, 2.24) is 29.7 Å². The van der Waals surface area contributed by atoms with E-state index in [1.54, 1.807) is 10.7 Å². The molecule has 0 radical (unpaired) electrons. The molecule has 1 unspecified atom stereocenters. The van der Waals surface area contributed by atoms with Gasteiger partial charge in [0.2, 0.25) is 17.7 Å². The molecule has 0 spiro atoms. The Morgan fingerprint density at radius 2 is 1.58 bits per heavy atom. The maximum Gasteiger partial charge on any atom is 0.290 e. The first-order valence-electron chi connectivity index (χ1n) is 21.1. The molecule has 3 N–H and O–H groups in total. The molecule has 320 valence electrons. The van der Waals surface area contributed by atoms with Crippen molar-refractivity contribution in [2.45, 2.75) is 37.6 Å². The number of ether oxygens (including phenoxy) is 1. The zero-order chi connectivity index (χ0) is 43.0. The van der Waals surface area contributed by atoms with Crippen molar-refractivity contribution < 1.29 is 29.0 Å². The Labute approximate surface area is 359 Å². The van der Waals surface area contributed by atoms with Crippen molar-refractivity contribution >= 4 is 46.9 Å². The van der Waals surface area contributed by atoms with Crippen molar-refractivity contribution in [2.75, 3.05) is 87.2 Å². The summed E-state index contributed by atoms with van der Waals surface area (Å²) >= 11 is 0. The lowest BCUT2D eigenvalue weighted by atomic mass is 9.89. The normalized spacial score (nSPS) is 18.7. The van der Waals surface area contributed by atoms with Crippen LogP contribution in [0.5, 0.6) is 0 Å². The molecule has 4 fully saturated rings. The number of nitriles is 1. The average Bonchev–Trinajstić information content (AvgIpc) is 3.74. The zero-order valence-corrected chi connectivity index (χ0v) is 34.5. The lowest BCUT2D eigenvalue weighted by molar-refractivity contribution is -0.134. The standard InChI is InChI=1S/C45H48N10O4.CH2O2/c46-26-36-28-48-55-29-35(25-39(44(36)55)34-5-11-41(47-27-34)53-21-23-59-24-22-53)32-3-8-38(9-4-32)52-17-19-54(20-18-52)43(57)30-51-15-13-33(14-16-51)31-1-6-37(7-2-31)49-40-10-12-42(56)50-45(40)58;2-1-3/h1-9,11,25,27-29,33,40,49H,10,12-24,30H2,(H,50,56,58);1H,(H,2,3). The van der Waals surface area contributed by atoms with Crippen molar-refractivity contribution in [3.63, 3.8) is 0 Å². The minimum Gasteiger partial charge on any atom is -0.483 e. The van der Waals surface area contributed by atoms with Gasteiger partial charge in [-0.2, -0.15) is 10.4 Å². The smallest absolute Gasteiger partial charge is 0.290 e. The van der Waals surface area contributed by atoms with Crippen LogP contribution in [-0.2, 0) is 23.9 Å². The molecule has 1 atom stereocenters. The molecule has 16 heteroatoms. The number of aromatic nitrogens is 3. The molecule has 4 saturated heterocycles. The third kappa shape index (κ3) is 9.54. The van der Waals surface area contributed by atoms with Crippen molar-refractivity contribution in [3.05, 3.63) is 96.4 Å². The second-order valence-electron chi connectivity index (χ2n) is 16.0. The van der Waals surface area contributed by atoms with Gasteiger partial charge in [-0.3, -0.25) is 29.4 Å². The van der Waals surface area contributed by atoms with E-state index < -0.39 is 6.04 Å². The van der Waals surface area contributed by atoms with E-state index in [-0.39, 0.29) is 24.2 Å². The van der Waals surface area contributed by atoms with Gasteiger partial charge in [-0.15, -0.1) is 0 Å². The van der Waals surface area contributed by atoms with E-state index in [0.29, 0.717) is 57.2 Å². The van der Waals surface area contributed by atoms with Crippen LogP contribution in [0.15, 0.2) is 85.3 Å². The topological polar surface area (TPSA) is 189 Å². The predicted octanol–water partition coefficient (Wildman–Crippen LogP) is 4.22. The number of piperazine rings is 1. The van der Waals surface area contributed by atoms with Gasteiger partial charge in [-0.05, 0) is 91.9 Å².